The van der Waals surface area contributed by atoms with E-state index in [0.717, 1.165) is 16.8 Å². The van der Waals surface area contributed by atoms with Crippen LogP contribution in [0, 0.1) is 12.7 Å². The Balaban J connectivity index is 1.90. The molecule has 1 heterocycles. The lowest BCUT2D eigenvalue weighted by Gasteiger charge is -2.16. The third kappa shape index (κ3) is 3.33. The molecule has 3 rings (SSSR count). The van der Waals surface area contributed by atoms with Gasteiger partial charge < -0.3 is 10.3 Å². The van der Waals surface area contributed by atoms with E-state index < -0.39 is 11.5 Å². The summed E-state index contributed by atoms with van der Waals surface area (Å²) in [5, 5.41) is 2.92. The van der Waals surface area contributed by atoms with Gasteiger partial charge in [0, 0.05) is 5.69 Å². The van der Waals surface area contributed by atoms with Crippen LogP contribution in [0.1, 0.15) is 30.9 Å². The number of hydrogen-bond donors (Lipinski definition) is 2. The maximum absolute atomic E-state index is 13.3. The molecule has 0 spiro atoms. The number of hydrogen-bond acceptors (Lipinski definition) is 2. The molecule has 0 bridgehead atoms. The van der Waals surface area contributed by atoms with Crippen molar-refractivity contribution >= 4 is 22.6 Å². The van der Waals surface area contributed by atoms with Crippen molar-refractivity contribution in [1.29, 1.82) is 0 Å². The molecule has 2 N–H and O–H groups in total. The van der Waals surface area contributed by atoms with Gasteiger partial charge in [-0.2, -0.15) is 0 Å². The molecular weight excluding hydrogens is 321 g/mol. The number of imidazole rings is 1. The van der Waals surface area contributed by atoms with Crippen molar-refractivity contribution in [3.63, 3.8) is 0 Å². The Morgan fingerprint density at radius 1 is 1.28 bits per heavy atom. The molecule has 0 fully saturated rings. The molecule has 0 unspecified atom stereocenters. The summed E-state index contributed by atoms with van der Waals surface area (Å²) < 4.78 is 14.6. The highest BCUT2D eigenvalue weighted by Gasteiger charge is 2.15. The van der Waals surface area contributed by atoms with Gasteiger partial charge in [-0.25, -0.2) is 9.18 Å². The predicted molar refractivity (Wildman–Crippen MR) is 96.4 cm³/mol. The number of halogens is 1. The summed E-state index contributed by atoms with van der Waals surface area (Å²) in [6.07, 6.45) is 0. The van der Waals surface area contributed by atoms with Crippen molar-refractivity contribution in [2.45, 2.75) is 33.2 Å². The fraction of sp³-hybridized carbons (Fsp3) is 0.263. The maximum atomic E-state index is 13.3. The first-order chi connectivity index (χ1) is 11.9. The van der Waals surface area contributed by atoms with Gasteiger partial charge in [-0.1, -0.05) is 32.0 Å². The average molecular weight is 341 g/mol. The second-order valence-electron chi connectivity index (χ2n) is 6.42. The summed E-state index contributed by atoms with van der Waals surface area (Å²) >= 11 is 0. The molecule has 2 aromatic carbocycles. The maximum Gasteiger partial charge on any atom is 0.326 e. The van der Waals surface area contributed by atoms with E-state index in [-0.39, 0.29) is 18.4 Å². The van der Waals surface area contributed by atoms with Gasteiger partial charge in [0.25, 0.3) is 0 Å². The Morgan fingerprint density at radius 3 is 2.76 bits per heavy atom. The van der Waals surface area contributed by atoms with Gasteiger partial charge in [0.2, 0.25) is 5.91 Å². The minimum absolute atomic E-state index is 0.143. The van der Waals surface area contributed by atoms with E-state index in [1.165, 1.54) is 22.8 Å². The summed E-state index contributed by atoms with van der Waals surface area (Å²) in [7, 11) is 0. The van der Waals surface area contributed by atoms with Crippen LogP contribution < -0.4 is 11.0 Å². The molecule has 0 atom stereocenters. The Morgan fingerprint density at radius 2 is 2.04 bits per heavy atom. The van der Waals surface area contributed by atoms with Gasteiger partial charge in [0.15, 0.2) is 0 Å². The fourth-order valence-corrected chi connectivity index (χ4v) is 2.96. The minimum atomic E-state index is -0.440. The third-order valence-corrected chi connectivity index (χ3v) is 4.23. The number of anilines is 1. The molecule has 3 aromatic rings. The summed E-state index contributed by atoms with van der Waals surface area (Å²) in [5.41, 5.74) is 3.22. The first kappa shape index (κ1) is 17.0. The van der Waals surface area contributed by atoms with Crippen LogP contribution in [0.25, 0.3) is 11.0 Å². The van der Waals surface area contributed by atoms with Gasteiger partial charge in [0.05, 0.1) is 11.0 Å². The van der Waals surface area contributed by atoms with E-state index in [1.807, 2.05) is 25.1 Å². The monoisotopic (exact) mass is 341 g/mol. The molecule has 6 heteroatoms. The van der Waals surface area contributed by atoms with Crippen molar-refractivity contribution < 1.29 is 9.18 Å². The van der Waals surface area contributed by atoms with Crippen LogP contribution in [-0.2, 0) is 11.3 Å². The number of aromatic nitrogens is 2. The predicted octanol–water partition coefficient (Wildman–Crippen LogP) is 3.54. The zero-order valence-corrected chi connectivity index (χ0v) is 14.4. The number of nitrogens with one attached hydrogen (secondary N) is 2. The van der Waals surface area contributed by atoms with Crippen molar-refractivity contribution in [1.82, 2.24) is 9.55 Å². The number of carbonyl (C=O) groups is 1. The van der Waals surface area contributed by atoms with E-state index in [0.29, 0.717) is 11.0 Å². The van der Waals surface area contributed by atoms with Gasteiger partial charge in [-0.15, -0.1) is 0 Å². The molecule has 1 amide bonds. The normalized spacial score (nSPS) is 11.2. The minimum Gasteiger partial charge on any atom is -0.324 e. The number of fused-ring (bicyclic) bond motifs is 1. The smallest absolute Gasteiger partial charge is 0.324 e. The summed E-state index contributed by atoms with van der Waals surface area (Å²) in [6, 6.07) is 9.86. The second-order valence-corrected chi connectivity index (χ2v) is 6.42. The van der Waals surface area contributed by atoms with Crippen LogP contribution in [0.4, 0.5) is 10.1 Å². The lowest BCUT2D eigenvalue weighted by atomic mass is 9.98. The molecule has 0 aliphatic rings. The number of carbonyl (C=O) groups excluding carboxylic acids is 1. The topological polar surface area (TPSA) is 66.9 Å². The van der Waals surface area contributed by atoms with E-state index in [9.17, 15) is 14.0 Å². The van der Waals surface area contributed by atoms with Crippen molar-refractivity contribution in [3.05, 3.63) is 63.8 Å². The van der Waals surface area contributed by atoms with E-state index in [4.69, 9.17) is 0 Å². The summed E-state index contributed by atoms with van der Waals surface area (Å²) in [6.45, 7) is 5.91. The zero-order valence-electron chi connectivity index (χ0n) is 14.4. The first-order valence-corrected chi connectivity index (χ1v) is 8.14. The number of amides is 1. The Labute approximate surface area is 144 Å². The lowest BCUT2D eigenvalue weighted by Crippen LogP contribution is -2.26. The van der Waals surface area contributed by atoms with Crippen molar-refractivity contribution in [2.75, 3.05) is 5.32 Å². The molecule has 130 valence electrons. The van der Waals surface area contributed by atoms with E-state index >= 15 is 0 Å². The summed E-state index contributed by atoms with van der Waals surface area (Å²) in [5.74, 6) is -0.482. The van der Waals surface area contributed by atoms with Gasteiger partial charge >= 0.3 is 5.69 Å². The molecule has 25 heavy (non-hydrogen) atoms. The number of aromatic amines is 1. The average Bonchev–Trinajstić information content (AvgIpc) is 2.84. The second kappa shape index (κ2) is 6.55. The highest BCUT2D eigenvalue weighted by atomic mass is 19.1. The van der Waals surface area contributed by atoms with Gasteiger partial charge in [0.1, 0.15) is 12.4 Å². The molecule has 5 nitrogen and oxygen atoms in total. The van der Waals surface area contributed by atoms with Crippen molar-refractivity contribution in [3.8, 4) is 0 Å². The highest BCUT2D eigenvalue weighted by Crippen LogP contribution is 2.27. The molecule has 0 saturated carbocycles. The molecule has 0 saturated heterocycles. The van der Waals surface area contributed by atoms with Gasteiger partial charge in [-0.05, 0) is 42.2 Å². The highest BCUT2D eigenvalue weighted by molar-refractivity contribution is 5.93. The Kier molecular flexibility index (Phi) is 4.44. The van der Waals surface area contributed by atoms with Crippen LogP contribution in [0.5, 0.6) is 0 Å². The number of nitrogens with zero attached hydrogens (tertiary/aromatic N) is 1. The van der Waals surface area contributed by atoms with Crippen LogP contribution >= 0.6 is 0 Å². The number of rotatable bonds is 4. The quantitative estimate of drug-likeness (QED) is 0.762. The molecule has 0 aliphatic carbocycles. The van der Waals surface area contributed by atoms with Crippen molar-refractivity contribution in [2.24, 2.45) is 0 Å². The number of para-hydroxylation sites is 1. The molecule has 0 aliphatic heterocycles. The molecule has 1 aromatic heterocycles. The van der Waals surface area contributed by atoms with Gasteiger partial charge in [-0.3, -0.25) is 9.36 Å². The standard InChI is InChI=1S/C19H20FN3O2/c1-11(2)14-6-4-5-12(3)18(14)22-17(24)10-23-16-8-7-13(20)9-15(16)21-19(23)25/h4-9,11H,10H2,1-3H3,(H,21,25)(H,22,24). The molecule has 0 radical (unpaired) electrons. The van der Waals surface area contributed by atoms with E-state index in [1.54, 1.807) is 0 Å². The largest absolute Gasteiger partial charge is 0.326 e. The third-order valence-electron chi connectivity index (χ3n) is 4.23. The van der Waals surface area contributed by atoms with Crippen LogP contribution in [0.15, 0.2) is 41.2 Å². The van der Waals surface area contributed by atoms with E-state index in [2.05, 4.69) is 24.1 Å². The lowest BCUT2D eigenvalue weighted by molar-refractivity contribution is -0.116. The SMILES string of the molecule is Cc1cccc(C(C)C)c1NC(=O)Cn1c(=O)[nH]c2cc(F)ccc21. The van der Waals surface area contributed by atoms with Crippen LogP contribution in [-0.4, -0.2) is 15.5 Å². The number of aryl methyl sites for hydroxylation is 1. The Hall–Kier alpha value is -2.89. The number of benzene rings is 2. The number of H-pyrrole nitrogens is 1. The van der Waals surface area contributed by atoms with Crippen LogP contribution in [0.2, 0.25) is 0 Å². The Bertz CT molecular complexity index is 1000. The van der Waals surface area contributed by atoms with Crippen LogP contribution in [0.3, 0.4) is 0 Å². The zero-order chi connectivity index (χ0) is 18.1. The molecular formula is C19H20FN3O2. The first-order valence-electron chi connectivity index (χ1n) is 8.14. The summed E-state index contributed by atoms with van der Waals surface area (Å²) in [4.78, 5) is 27.2. The fourth-order valence-electron chi connectivity index (χ4n) is 2.96.